The van der Waals surface area contributed by atoms with Crippen molar-refractivity contribution in [1.82, 2.24) is 0 Å². The molecule has 0 amide bonds. The predicted octanol–water partition coefficient (Wildman–Crippen LogP) is 2.39. The predicted molar refractivity (Wildman–Crippen MR) is 66.1 cm³/mol. The first kappa shape index (κ1) is 15.8. The molecule has 0 saturated heterocycles. The van der Waals surface area contributed by atoms with E-state index in [0.29, 0.717) is 6.42 Å². The lowest BCUT2D eigenvalue weighted by molar-refractivity contribution is -0.176. The van der Waals surface area contributed by atoms with Gasteiger partial charge in [0.25, 0.3) is 0 Å². The Morgan fingerprint density at radius 1 is 1.21 bits per heavy atom. The van der Waals surface area contributed by atoms with Crippen LogP contribution in [0.1, 0.15) is 5.56 Å². The van der Waals surface area contributed by atoms with Crippen LogP contribution in [-0.4, -0.2) is 33.0 Å². The third-order valence-electron chi connectivity index (χ3n) is 2.64. The third kappa shape index (κ3) is 6.45. The van der Waals surface area contributed by atoms with Gasteiger partial charge >= 0.3 is 6.18 Å². The van der Waals surface area contributed by atoms with Crippen molar-refractivity contribution in [3.8, 4) is 5.75 Å². The molecule has 1 aromatic carbocycles. The number of hydrogen-bond acceptors (Lipinski definition) is 3. The average Bonchev–Trinajstić information content (AvgIpc) is 2.37. The summed E-state index contributed by atoms with van der Waals surface area (Å²) >= 11 is 0. The zero-order valence-corrected chi connectivity index (χ0v) is 10.7. The van der Waals surface area contributed by atoms with Gasteiger partial charge in [-0.25, -0.2) is 0 Å². The summed E-state index contributed by atoms with van der Waals surface area (Å²) in [6, 6.07) is 7.34. The number of hydrogen-bond donors (Lipinski definition) is 1. The average molecular weight is 277 g/mol. The first-order valence-electron chi connectivity index (χ1n) is 5.92. The van der Waals surface area contributed by atoms with Gasteiger partial charge in [-0.1, -0.05) is 12.1 Å². The van der Waals surface area contributed by atoms with Crippen LogP contribution in [0, 0.1) is 5.92 Å². The van der Waals surface area contributed by atoms with Gasteiger partial charge in [0.2, 0.25) is 0 Å². The number of nitrogens with two attached hydrogens (primary N) is 1. The fourth-order valence-corrected chi connectivity index (χ4v) is 1.65. The highest BCUT2D eigenvalue weighted by Gasteiger charge is 2.27. The number of alkyl halides is 3. The molecule has 1 atom stereocenters. The van der Waals surface area contributed by atoms with E-state index < -0.39 is 12.8 Å². The molecule has 1 unspecified atom stereocenters. The van der Waals surface area contributed by atoms with E-state index in [2.05, 4.69) is 4.74 Å². The third-order valence-corrected chi connectivity index (χ3v) is 2.64. The lowest BCUT2D eigenvalue weighted by Crippen LogP contribution is -2.25. The van der Waals surface area contributed by atoms with E-state index in [1.807, 2.05) is 12.1 Å². The molecule has 0 saturated carbocycles. The number of rotatable bonds is 7. The zero-order chi connectivity index (χ0) is 14.3. The van der Waals surface area contributed by atoms with Gasteiger partial charge in [0.15, 0.2) is 0 Å². The summed E-state index contributed by atoms with van der Waals surface area (Å²) < 4.78 is 45.5. The second kappa shape index (κ2) is 7.35. The highest BCUT2D eigenvalue weighted by atomic mass is 19.4. The molecular weight excluding hydrogens is 259 g/mol. The molecule has 0 aliphatic heterocycles. The van der Waals surface area contributed by atoms with E-state index >= 15 is 0 Å². The minimum absolute atomic E-state index is 0.00202. The summed E-state index contributed by atoms with van der Waals surface area (Å²) in [4.78, 5) is 0. The Kier molecular flexibility index (Phi) is 6.11. The molecule has 0 aliphatic rings. The number of methoxy groups -OCH3 is 1. The largest absolute Gasteiger partial charge is 0.497 e. The second-order valence-corrected chi connectivity index (χ2v) is 4.28. The second-order valence-electron chi connectivity index (χ2n) is 4.28. The van der Waals surface area contributed by atoms with Gasteiger partial charge < -0.3 is 15.2 Å². The van der Waals surface area contributed by atoms with Crippen LogP contribution in [-0.2, 0) is 11.2 Å². The first-order chi connectivity index (χ1) is 8.94. The van der Waals surface area contributed by atoms with Crippen LogP contribution in [0.25, 0.3) is 0 Å². The molecule has 6 heteroatoms. The lowest BCUT2D eigenvalue weighted by Gasteiger charge is -2.16. The van der Waals surface area contributed by atoms with E-state index in [9.17, 15) is 13.2 Å². The molecule has 0 bridgehead atoms. The summed E-state index contributed by atoms with van der Waals surface area (Å²) in [5.41, 5.74) is 6.53. The van der Waals surface area contributed by atoms with Crippen LogP contribution in [0.15, 0.2) is 24.3 Å². The summed E-state index contributed by atoms with van der Waals surface area (Å²) in [5, 5.41) is 0. The van der Waals surface area contributed by atoms with Crippen LogP contribution in [0.3, 0.4) is 0 Å². The maximum absolute atomic E-state index is 12.0. The molecule has 19 heavy (non-hydrogen) atoms. The number of benzene rings is 1. The summed E-state index contributed by atoms with van der Waals surface area (Å²) in [6.45, 7) is -0.946. The van der Waals surface area contributed by atoms with Crippen molar-refractivity contribution in [2.75, 3.05) is 26.9 Å². The van der Waals surface area contributed by atoms with Gasteiger partial charge in [-0.05, 0) is 36.6 Å². The van der Waals surface area contributed by atoms with Crippen molar-refractivity contribution in [3.05, 3.63) is 29.8 Å². The van der Waals surface area contributed by atoms with Gasteiger partial charge in [0.1, 0.15) is 12.4 Å². The minimum atomic E-state index is -4.29. The molecule has 108 valence electrons. The SMILES string of the molecule is COc1ccc(CC(CN)COCC(F)(F)F)cc1. The molecule has 0 heterocycles. The van der Waals surface area contributed by atoms with Crippen molar-refractivity contribution in [2.45, 2.75) is 12.6 Å². The molecule has 0 spiro atoms. The highest BCUT2D eigenvalue weighted by molar-refractivity contribution is 5.27. The Morgan fingerprint density at radius 3 is 2.32 bits per heavy atom. The molecule has 0 radical (unpaired) electrons. The Hall–Kier alpha value is -1.27. The van der Waals surface area contributed by atoms with Gasteiger partial charge in [-0.3, -0.25) is 0 Å². The molecule has 0 aromatic heterocycles. The quantitative estimate of drug-likeness (QED) is 0.832. The Morgan fingerprint density at radius 2 is 1.84 bits per heavy atom. The van der Waals surface area contributed by atoms with Crippen LogP contribution in [0.5, 0.6) is 5.75 Å². The highest BCUT2D eigenvalue weighted by Crippen LogP contribution is 2.17. The molecule has 0 fully saturated rings. The fourth-order valence-electron chi connectivity index (χ4n) is 1.65. The normalized spacial score (nSPS) is 13.3. The lowest BCUT2D eigenvalue weighted by atomic mass is 10.0. The molecule has 3 nitrogen and oxygen atoms in total. The minimum Gasteiger partial charge on any atom is -0.497 e. The van der Waals surface area contributed by atoms with Crippen LogP contribution in [0.4, 0.5) is 13.2 Å². The van der Waals surface area contributed by atoms with Gasteiger partial charge in [-0.2, -0.15) is 13.2 Å². The summed E-state index contributed by atoms with van der Waals surface area (Å²) in [6.07, 6.45) is -3.71. The maximum atomic E-state index is 12.0. The number of halogens is 3. The van der Waals surface area contributed by atoms with Crippen molar-refractivity contribution < 1.29 is 22.6 Å². The smallest absolute Gasteiger partial charge is 0.411 e. The van der Waals surface area contributed by atoms with E-state index in [1.54, 1.807) is 19.2 Å². The van der Waals surface area contributed by atoms with E-state index in [1.165, 1.54) is 0 Å². The Balaban J connectivity index is 2.42. The summed E-state index contributed by atoms with van der Waals surface area (Å²) in [5.74, 6) is 0.608. The maximum Gasteiger partial charge on any atom is 0.411 e. The number of ether oxygens (including phenoxy) is 2. The van der Waals surface area contributed by atoms with Crippen LogP contribution < -0.4 is 10.5 Å². The van der Waals surface area contributed by atoms with Gasteiger partial charge in [0, 0.05) is 0 Å². The van der Waals surface area contributed by atoms with Crippen molar-refractivity contribution >= 4 is 0 Å². The summed E-state index contributed by atoms with van der Waals surface area (Å²) in [7, 11) is 1.57. The first-order valence-corrected chi connectivity index (χ1v) is 5.92. The van der Waals surface area contributed by atoms with Crippen molar-refractivity contribution in [2.24, 2.45) is 11.7 Å². The standard InChI is InChI=1S/C13H18F3NO2/c1-18-12-4-2-10(3-5-12)6-11(7-17)8-19-9-13(14,15)16/h2-5,11H,6-9,17H2,1H3. The van der Waals surface area contributed by atoms with Gasteiger partial charge in [0.05, 0.1) is 13.7 Å². The molecule has 1 aromatic rings. The fraction of sp³-hybridized carbons (Fsp3) is 0.538. The van der Waals surface area contributed by atoms with E-state index in [0.717, 1.165) is 11.3 Å². The van der Waals surface area contributed by atoms with Crippen LogP contribution >= 0.6 is 0 Å². The Labute approximate surface area is 110 Å². The topological polar surface area (TPSA) is 44.5 Å². The van der Waals surface area contributed by atoms with Crippen molar-refractivity contribution in [1.29, 1.82) is 0 Å². The monoisotopic (exact) mass is 277 g/mol. The van der Waals surface area contributed by atoms with E-state index in [-0.39, 0.29) is 19.1 Å². The van der Waals surface area contributed by atoms with Crippen LogP contribution in [0.2, 0.25) is 0 Å². The van der Waals surface area contributed by atoms with Crippen molar-refractivity contribution in [3.63, 3.8) is 0 Å². The molecule has 1 rings (SSSR count). The Bertz CT molecular complexity index is 365. The zero-order valence-electron chi connectivity index (χ0n) is 10.7. The molecule has 2 N–H and O–H groups in total. The molecule has 0 aliphatic carbocycles. The van der Waals surface area contributed by atoms with Gasteiger partial charge in [-0.15, -0.1) is 0 Å². The molecular formula is C13H18F3NO2. The van der Waals surface area contributed by atoms with E-state index in [4.69, 9.17) is 10.5 Å².